The third-order valence-electron chi connectivity index (χ3n) is 4.34. The van der Waals surface area contributed by atoms with Crippen molar-refractivity contribution in [3.63, 3.8) is 0 Å². The van der Waals surface area contributed by atoms with Crippen LogP contribution in [0.5, 0.6) is 0 Å². The number of aliphatic hydroxyl groups is 1. The average Bonchev–Trinajstić information content (AvgIpc) is 3.14. The van der Waals surface area contributed by atoms with Gasteiger partial charge in [0.1, 0.15) is 0 Å². The van der Waals surface area contributed by atoms with Gasteiger partial charge in [-0.1, -0.05) is 36.4 Å². The van der Waals surface area contributed by atoms with Gasteiger partial charge in [0.2, 0.25) is 11.5 Å². The van der Waals surface area contributed by atoms with Crippen LogP contribution in [0.15, 0.2) is 63.9 Å². The van der Waals surface area contributed by atoms with Crippen LogP contribution in [0.25, 0.3) is 5.69 Å². The van der Waals surface area contributed by atoms with Crippen LogP contribution in [0.2, 0.25) is 0 Å². The van der Waals surface area contributed by atoms with Gasteiger partial charge in [-0.25, -0.2) is 4.79 Å². The highest BCUT2D eigenvalue weighted by molar-refractivity contribution is 6.08. The number of anilines is 1. The van der Waals surface area contributed by atoms with E-state index in [0.29, 0.717) is 16.9 Å². The summed E-state index contributed by atoms with van der Waals surface area (Å²) in [4.78, 5) is 37.1. The van der Waals surface area contributed by atoms with E-state index in [9.17, 15) is 19.5 Å². The van der Waals surface area contributed by atoms with E-state index in [4.69, 9.17) is 4.52 Å². The first kappa shape index (κ1) is 16.0. The quantitative estimate of drug-likeness (QED) is 0.471. The van der Waals surface area contributed by atoms with E-state index in [1.54, 1.807) is 54.6 Å². The summed E-state index contributed by atoms with van der Waals surface area (Å²) in [7, 11) is 0. The largest absolute Gasteiger partial charge is 0.438 e. The molecular weight excluding hydrogens is 338 g/mol. The van der Waals surface area contributed by atoms with Crippen molar-refractivity contribution >= 4 is 17.4 Å². The zero-order valence-corrected chi connectivity index (χ0v) is 13.4. The van der Waals surface area contributed by atoms with Gasteiger partial charge in [-0.3, -0.25) is 14.1 Å². The van der Waals surface area contributed by atoms with E-state index in [0.717, 1.165) is 0 Å². The monoisotopic (exact) mass is 352 g/mol. The number of nitrogens with one attached hydrogen (secondary N) is 2. The predicted octanol–water partition coefficient (Wildman–Crippen LogP) is 0.657. The van der Waals surface area contributed by atoms with Gasteiger partial charge in [-0.05, 0) is 16.0 Å². The standard InChI is InChI=1S/C18H13N3O5/c22-14(10-18(25)12-8-4-5-9-13(12)19-17(18)24)15-16(23)26-20-21(15)11-6-2-1-3-7-11/h1-9,25H,10H2,(H-,19,20,22,23,24)/p+1. The number of aromatic amines is 1. The van der Waals surface area contributed by atoms with Crippen molar-refractivity contribution in [3.05, 3.63) is 76.3 Å². The van der Waals surface area contributed by atoms with Gasteiger partial charge in [-0.2, -0.15) is 0 Å². The molecule has 1 atom stereocenters. The molecule has 0 saturated carbocycles. The van der Waals surface area contributed by atoms with E-state index in [-0.39, 0.29) is 5.69 Å². The lowest BCUT2D eigenvalue weighted by Gasteiger charge is -2.18. The molecule has 0 bridgehead atoms. The van der Waals surface area contributed by atoms with Gasteiger partial charge >= 0.3 is 11.3 Å². The summed E-state index contributed by atoms with van der Waals surface area (Å²) in [6.45, 7) is 0. The first-order chi connectivity index (χ1) is 12.5. The molecule has 4 rings (SSSR count). The summed E-state index contributed by atoms with van der Waals surface area (Å²) in [5.74, 6) is -1.43. The first-order valence-corrected chi connectivity index (χ1v) is 7.86. The van der Waals surface area contributed by atoms with Gasteiger partial charge in [0.15, 0.2) is 5.60 Å². The molecule has 8 nitrogen and oxygen atoms in total. The number of carbonyl (C=O) groups is 2. The van der Waals surface area contributed by atoms with Crippen LogP contribution in [0.4, 0.5) is 5.69 Å². The highest BCUT2D eigenvalue weighted by Crippen LogP contribution is 2.38. The molecule has 0 spiro atoms. The number of para-hydroxylation sites is 2. The Balaban J connectivity index is 1.74. The average molecular weight is 352 g/mol. The number of rotatable bonds is 4. The van der Waals surface area contributed by atoms with Crippen molar-refractivity contribution in [3.8, 4) is 5.69 Å². The third kappa shape index (κ3) is 2.35. The lowest BCUT2D eigenvalue weighted by atomic mass is 9.89. The van der Waals surface area contributed by atoms with Gasteiger partial charge < -0.3 is 10.4 Å². The van der Waals surface area contributed by atoms with E-state index in [1.807, 2.05) is 0 Å². The summed E-state index contributed by atoms with van der Waals surface area (Å²) >= 11 is 0. The number of ketones is 1. The molecule has 0 saturated heterocycles. The van der Waals surface area contributed by atoms with E-state index < -0.39 is 29.3 Å². The summed E-state index contributed by atoms with van der Waals surface area (Å²) < 4.78 is 5.93. The summed E-state index contributed by atoms with van der Waals surface area (Å²) in [5, 5.41) is 15.8. The number of H-pyrrole nitrogens is 1. The maximum atomic E-state index is 12.8. The van der Waals surface area contributed by atoms with Crippen molar-refractivity contribution in [2.75, 3.05) is 5.32 Å². The SMILES string of the molecule is O=C(CC1(O)C(=O)Nc2ccccc21)c1c(=O)o[nH][n+]1-c1ccccc1. The zero-order valence-electron chi connectivity index (χ0n) is 13.4. The number of carbonyl (C=O) groups excluding carboxylic acids is 2. The first-order valence-electron chi connectivity index (χ1n) is 7.86. The molecule has 1 aromatic heterocycles. The number of hydrogen-bond donors (Lipinski definition) is 3. The Hall–Kier alpha value is -3.52. The normalized spacial score (nSPS) is 18.4. The van der Waals surface area contributed by atoms with Crippen LogP contribution in [0.3, 0.4) is 0 Å². The molecule has 26 heavy (non-hydrogen) atoms. The summed E-state index contributed by atoms with van der Waals surface area (Å²) in [6, 6.07) is 15.2. The third-order valence-corrected chi connectivity index (χ3v) is 4.34. The highest BCUT2D eigenvalue weighted by Gasteiger charge is 2.49. The Morgan fingerprint density at radius 2 is 1.77 bits per heavy atom. The smallest absolute Gasteiger partial charge is 0.375 e. The Bertz CT molecular complexity index is 1070. The van der Waals surface area contributed by atoms with Gasteiger partial charge in [0.25, 0.3) is 5.91 Å². The van der Waals surface area contributed by atoms with Crippen molar-refractivity contribution < 1.29 is 23.9 Å². The highest BCUT2D eigenvalue weighted by atomic mass is 16.5. The molecule has 130 valence electrons. The van der Waals surface area contributed by atoms with Gasteiger partial charge in [-0.15, -0.1) is 0 Å². The fraction of sp³-hybridized carbons (Fsp3) is 0.111. The fourth-order valence-corrected chi connectivity index (χ4v) is 3.06. The van der Waals surface area contributed by atoms with Crippen LogP contribution >= 0.6 is 0 Å². The minimum absolute atomic E-state index is 0.296. The number of fused-ring (bicyclic) bond motifs is 1. The van der Waals surface area contributed by atoms with Gasteiger partial charge in [0.05, 0.1) is 6.42 Å². The predicted molar refractivity (Wildman–Crippen MR) is 88.8 cm³/mol. The number of nitrogens with zero attached hydrogens (tertiary/aromatic N) is 1. The molecule has 3 N–H and O–H groups in total. The minimum atomic E-state index is -2.05. The number of Topliss-reactive ketones (excluding diaryl/α,β-unsaturated/α-hetero) is 1. The molecule has 0 radical (unpaired) electrons. The zero-order chi connectivity index (χ0) is 18.3. The number of benzene rings is 2. The number of hydrogen-bond acceptors (Lipinski definition) is 5. The Labute approximate surface area is 146 Å². The molecule has 1 aliphatic heterocycles. The van der Waals surface area contributed by atoms with Gasteiger partial charge in [0, 0.05) is 23.4 Å². The van der Waals surface area contributed by atoms with Crippen LogP contribution in [0.1, 0.15) is 22.5 Å². The Morgan fingerprint density at radius 3 is 2.54 bits per heavy atom. The van der Waals surface area contributed by atoms with Crippen molar-refractivity contribution in [1.29, 1.82) is 0 Å². The lowest BCUT2D eigenvalue weighted by Crippen LogP contribution is -2.44. The van der Waals surface area contributed by atoms with Crippen LogP contribution in [-0.4, -0.2) is 22.1 Å². The molecular formula is C18H14N3O5+. The lowest BCUT2D eigenvalue weighted by molar-refractivity contribution is -0.672. The Morgan fingerprint density at radius 1 is 1.08 bits per heavy atom. The molecule has 1 unspecified atom stereocenters. The molecule has 3 aromatic rings. The van der Waals surface area contributed by atoms with Crippen LogP contribution in [0, 0.1) is 0 Å². The summed E-state index contributed by atoms with van der Waals surface area (Å²) in [6.07, 6.45) is -0.592. The second-order valence-electron chi connectivity index (χ2n) is 5.96. The van der Waals surface area contributed by atoms with Crippen molar-refractivity contribution in [2.24, 2.45) is 0 Å². The molecule has 1 amide bonds. The fourth-order valence-electron chi connectivity index (χ4n) is 3.06. The molecule has 0 aliphatic carbocycles. The minimum Gasteiger partial charge on any atom is -0.375 e. The van der Waals surface area contributed by atoms with Crippen LogP contribution in [-0.2, 0) is 10.4 Å². The maximum Gasteiger partial charge on any atom is 0.438 e. The maximum absolute atomic E-state index is 12.8. The van der Waals surface area contributed by atoms with E-state index in [2.05, 4.69) is 10.6 Å². The molecule has 2 heterocycles. The second kappa shape index (κ2) is 5.78. The van der Waals surface area contributed by atoms with Crippen LogP contribution < -0.4 is 15.6 Å². The molecule has 0 fully saturated rings. The van der Waals surface area contributed by atoms with E-state index in [1.165, 1.54) is 4.68 Å². The topological polar surface area (TPSA) is 116 Å². The number of aromatic nitrogens is 2. The van der Waals surface area contributed by atoms with Crippen molar-refractivity contribution in [2.45, 2.75) is 12.0 Å². The van der Waals surface area contributed by atoms with E-state index >= 15 is 0 Å². The second-order valence-corrected chi connectivity index (χ2v) is 5.96. The summed E-state index contributed by atoms with van der Waals surface area (Å²) in [5.41, 5.74) is -2.00. The number of amides is 1. The molecule has 2 aromatic carbocycles. The Kier molecular flexibility index (Phi) is 3.55. The van der Waals surface area contributed by atoms with Crippen molar-refractivity contribution in [1.82, 2.24) is 5.27 Å². The molecule has 1 aliphatic rings. The molecule has 8 heteroatoms.